The number of amides is 1. The van der Waals surface area contributed by atoms with E-state index in [1.807, 2.05) is 19.9 Å². The van der Waals surface area contributed by atoms with Crippen LogP contribution in [0.25, 0.3) is 0 Å². The van der Waals surface area contributed by atoms with Gasteiger partial charge in [-0.2, -0.15) is 0 Å². The van der Waals surface area contributed by atoms with Crippen LogP contribution in [0.4, 0.5) is 11.4 Å². The highest BCUT2D eigenvalue weighted by Crippen LogP contribution is 2.19. The zero-order valence-electron chi connectivity index (χ0n) is 16.1. The molecule has 0 bridgehead atoms. The molecule has 2 aromatic carbocycles. The van der Waals surface area contributed by atoms with Gasteiger partial charge in [0.15, 0.2) is 0 Å². The van der Waals surface area contributed by atoms with Gasteiger partial charge >= 0.3 is 0 Å². The zero-order valence-corrected chi connectivity index (χ0v) is 16.1. The van der Waals surface area contributed by atoms with Gasteiger partial charge in [0.05, 0.1) is 0 Å². The van der Waals surface area contributed by atoms with Crippen LogP contribution in [0.1, 0.15) is 23.1 Å². The molecule has 1 fully saturated rings. The molecule has 0 unspecified atom stereocenters. The number of hydrogen-bond acceptors (Lipinski definition) is 3. The molecule has 1 aliphatic rings. The lowest BCUT2D eigenvalue weighted by molar-refractivity contribution is -0.116. The molecule has 1 amide bonds. The van der Waals surface area contributed by atoms with Gasteiger partial charge in [0.1, 0.15) is 0 Å². The maximum absolute atomic E-state index is 12.3. The summed E-state index contributed by atoms with van der Waals surface area (Å²) in [6.45, 7) is 11.1. The van der Waals surface area contributed by atoms with E-state index in [9.17, 15) is 4.79 Å². The third-order valence-electron chi connectivity index (χ3n) is 5.06. The molecule has 1 N–H and O–H groups in total. The van der Waals surface area contributed by atoms with Crippen LogP contribution in [0.3, 0.4) is 0 Å². The average Bonchev–Trinajstić information content (AvgIpc) is 2.63. The van der Waals surface area contributed by atoms with Crippen LogP contribution in [0.5, 0.6) is 0 Å². The van der Waals surface area contributed by atoms with Gasteiger partial charge < -0.3 is 10.2 Å². The number of benzene rings is 2. The fourth-order valence-electron chi connectivity index (χ4n) is 3.40. The van der Waals surface area contributed by atoms with Crippen LogP contribution in [0, 0.1) is 20.8 Å². The third kappa shape index (κ3) is 4.85. The molecular formula is C22H29N3O. The average molecular weight is 351 g/mol. The second-order valence-corrected chi connectivity index (χ2v) is 7.28. The van der Waals surface area contributed by atoms with Crippen molar-refractivity contribution in [1.29, 1.82) is 0 Å². The molecule has 0 atom stereocenters. The molecule has 3 rings (SSSR count). The Labute approximate surface area is 156 Å². The van der Waals surface area contributed by atoms with E-state index in [0.29, 0.717) is 6.42 Å². The summed E-state index contributed by atoms with van der Waals surface area (Å²) in [4.78, 5) is 17.1. The van der Waals surface area contributed by atoms with E-state index in [1.54, 1.807) is 0 Å². The topological polar surface area (TPSA) is 35.6 Å². The Kier molecular flexibility index (Phi) is 5.94. The first kappa shape index (κ1) is 18.5. The van der Waals surface area contributed by atoms with E-state index in [-0.39, 0.29) is 5.91 Å². The van der Waals surface area contributed by atoms with Gasteiger partial charge in [-0.3, -0.25) is 9.69 Å². The molecule has 1 heterocycles. The third-order valence-corrected chi connectivity index (χ3v) is 5.06. The van der Waals surface area contributed by atoms with Crippen molar-refractivity contribution in [2.75, 3.05) is 42.9 Å². The van der Waals surface area contributed by atoms with Crippen LogP contribution in [-0.2, 0) is 4.79 Å². The predicted molar refractivity (Wildman–Crippen MR) is 109 cm³/mol. The highest BCUT2D eigenvalue weighted by atomic mass is 16.1. The summed E-state index contributed by atoms with van der Waals surface area (Å²) in [6.07, 6.45) is 0.540. The highest BCUT2D eigenvalue weighted by Gasteiger charge is 2.18. The maximum Gasteiger partial charge on any atom is 0.225 e. The largest absolute Gasteiger partial charge is 0.369 e. The Balaban J connectivity index is 1.45. The smallest absolute Gasteiger partial charge is 0.225 e. The van der Waals surface area contributed by atoms with Crippen molar-refractivity contribution < 1.29 is 4.79 Å². The first-order valence-corrected chi connectivity index (χ1v) is 9.42. The lowest BCUT2D eigenvalue weighted by Crippen LogP contribution is -2.47. The van der Waals surface area contributed by atoms with Crippen molar-refractivity contribution in [3.05, 3.63) is 59.2 Å². The van der Waals surface area contributed by atoms with Crippen molar-refractivity contribution in [3.8, 4) is 0 Å². The molecular weight excluding hydrogens is 322 g/mol. The van der Waals surface area contributed by atoms with Crippen molar-refractivity contribution in [1.82, 2.24) is 4.90 Å². The molecule has 2 aromatic rings. The molecule has 1 aliphatic heterocycles. The van der Waals surface area contributed by atoms with Crippen molar-refractivity contribution in [2.45, 2.75) is 27.2 Å². The minimum absolute atomic E-state index is 0.0970. The molecule has 4 heteroatoms. The standard InChI is InChI=1S/C22H29N3O/c1-17-5-4-6-20(15-17)25-13-11-24(12-14-25)10-9-22(26)23-21-16-18(2)7-8-19(21)3/h4-8,15-16H,9-14H2,1-3H3,(H,23,26). The Bertz CT molecular complexity index is 764. The number of anilines is 2. The lowest BCUT2D eigenvalue weighted by atomic mass is 10.1. The van der Waals surface area contributed by atoms with E-state index < -0.39 is 0 Å². The zero-order chi connectivity index (χ0) is 18.5. The van der Waals surface area contributed by atoms with Crippen LogP contribution < -0.4 is 10.2 Å². The minimum Gasteiger partial charge on any atom is -0.369 e. The molecule has 4 nitrogen and oxygen atoms in total. The van der Waals surface area contributed by atoms with Gasteiger partial charge in [0.25, 0.3) is 0 Å². The molecule has 0 aromatic heterocycles. The van der Waals surface area contributed by atoms with Crippen molar-refractivity contribution in [3.63, 3.8) is 0 Å². The minimum atomic E-state index is 0.0970. The molecule has 0 aliphatic carbocycles. The summed E-state index contributed by atoms with van der Waals surface area (Å²) >= 11 is 0. The van der Waals surface area contributed by atoms with Crippen molar-refractivity contribution >= 4 is 17.3 Å². The second kappa shape index (κ2) is 8.37. The van der Waals surface area contributed by atoms with Crippen LogP contribution in [-0.4, -0.2) is 43.5 Å². The predicted octanol–water partition coefficient (Wildman–Crippen LogP) is 3.76. The number of carbonyl (C=O) groups is 1. The molecule has 0 spiro atoms. The van der Waals surface area contributed by atoms with Crippen LogP contribution >= 0.6 is 0 Å². The summed E-state index contributed by atoms with van der Waals surface area (Å²) in [5.74, 6) is 0.0970. The van der Waals surface area contributed by atoms with Crippen LogP contribution in [0.2, 0.25) is 0 Å². The number of carbonyl (C=O) groups excluding carboxylic acids is 1. The maximum atomic E-state index is 12.3. The number of piperazine rings is 1. The SMILES string of the molecule is Cc1cccc(N2CCN(CCC(=O)Nc3cc(C)ccc3C)CC2)c1. The monoisotopic (exact) mass is 351 g/mol. The Morgan fingerprint density at radius 2 is 1.69 bits per heavy atom. The fourth-order valence-corrected chi connectivity index (χ4v) is 3.40. The van der Waals surface area contributed by atoms with Crippen molar-refractivity contribution in [2.24, 2.45) is 0 Å². The summed E-state index contributed by atoms with van der Waals surface area (Å²) in [7, 11) is 0. The number of nitrogens with zero attached hydrogens (tertiary/aromatic N) is 2. The molecule has 0 saturated carbocycles. The van der Waals surface area contributed by atoms with Gasteiger partial charge in [-0.15, -0.1) is 0 Å². The quantitative estimate of drug-likeness (QED) is 0.891. The molecule has 1 saturated heterocycles. The number of hydrogen-bond donors (Lipinski definition) is 1. The summed E-state index contributed by atoms with van der Waals surface area (Å²) in [6, 6.07) is 14.8. The number of nitrogens with one attached hydrogen (secondary N) is 1. The number of aryl methyl sites for hydroxylation is 3. The summed E-state index contributed by atoms with van der Waals surface area (Å²) in [5.41, 5.74) is 5.80. The van der Waals surface area contributed by atoms with Gasteiger partial charge in [0.2, 0.25) is 5.91 Å². The first-order valence-electron chi connectivity index (χ1n) is 9.42. The van der Waals surface area contributed by atoms with Gasteiger partial charge in [-0.05, 0) is 55.7 Å². The Morgan fingerprint density at radius 1 is 0.962 bits per heavy atom. The normalized spacial score (nSPS) is 15.1. The molecule has 26 heavy (non-hydrogen) atoms. The van der Waals surface area contributed by atoms with Gasteiger partial charge in [-0.25, -0.2) is 0 Å². The lowest BCUT2D eigenvalue weighted by Gasteiger charge is -2.36. The summed E-state index contributed by atoms with van der Waals surface area (Å²) in [5, 5.41) is 3.06. The Morgan fingerprint density at radius 3 is 2.42 bits per heavy atom. The van der Waals surface area contributed by atoms with E-state index >= 15 is 0 Å². The fraction of sp³-hybridized carbons (Fsp3) is 0.409. The highest BCUT2D eigenvalue weighted by molar-refractivity contribution is 5.91. The van der Waals surface area contributed by atoms with Crippen LogP contribution in [0.15, 0.2) is 42.5 Å². The second-order valence-electron chi connectivity index (χ2n) is 7.28. The summed E-state index contributed by atoms with van der Waals surface area (Å²) < 4.78 is 0. The van der Waals surface area contributed by atoms with Gasteiger partial charge in [0, 0.05) is 50.5 Å². The molecule has 0 radical (unpaired) electrons. The van der Waals surface area contributed by atoms with E-state index in [0.717, 1.165) is 49.5 Å². The first-order chi connectivity index (χ1) is 12.5. The number of rotatable bonds is 5. The van der Waals surface area contributed by atoms with E-state index in [2.05, 4.69) is 58.4 Å². The van der Waals surface area contributed by atoms with E-state index in [4.69, 9.17) is 0 Å². The van der Waals surface area contributed by atoms with E-state index in [1.165, 1.54) is 11.3 Å². The molecule has 138 valence electrons. The van der Waals surface area contributed by atoms with Gasteiger partial charge in [-0.1, -0.05) is 24.3 Å². The Hall–Kier alpha value is -2.33.